The molecule has 0 spiro atoms. The van der Waals surface area contributed by atoms with Gasteiger partial charge in [-0.3, -0.25) is 9.59 Å². The topological polar surface area (TPSA) is 84.6 Å². The average Bonchev–Trinajstić information content (AvgIpc) is 2.35. The zero-order valence-corrected chi connectivity index (χ0v) is 11.1. The van der Waals surface area contributed by atoms with E-state index in [-0.39, 0.29) is 0 Å². The molecule has 19 heavy (non-hydrogen) atoms. The Morgan fingerprint density at radius 2 is 2.00 bits per heavy atom. The Labute approximate surface area is 111 Å². The van der Waals surface area contributed by atoms with Crippen molar-refractivity contribution < 1.29 is 9.59 Å². The number of amides is 2. The summed E-state index contributed by atoms with van der Waals surface area (Å²) in [5.74, 6) is -1.91. The lowest BCUT2D eigenvalue weighted by Crippen LogP contribution is -2.34. The first-order chi connectivity index (χ1) is 8.99. The number of primary amides is 1. The van der Waals surface area contributed by atoms with Crippen molar-refractivity contribution in [1.82, 2.24) is 5.43 Å². The standard InChI is InChI=1S/C14H17N3O2/c1-8-6-9(2)10-4-3-5-12(11(10)7-8)16-17-14(19)13(15)18/h6-7H,3-5H2,1-2H3,(H2,15,18)(H,17,19). The Hall–Kier alpha value is -2.17. The van der Waals surface area contributed by atoms with Crippen molar-refractivity contribution in [3.8, 4) is 0 Å². The molecule has 5 heteroatoms. The summed E-state index contributed by atoms with van der Waals surface area (Å²) in [4.78, 5) is 21.8. The first kappa shape index (κ1) is 13.3. The molecule has 1 aliphatic carbocycles. The van der Waals surface area contributed by atoms with Crippen LogP contribution in [0.15, 0.2) is 17.2 Å². The van der Waals surface area contributed by atoms with Gasteiger partial charge >= 0.3 is 11.8 Å². The number of hydrazone groups is 1. The minimum absolute atomic E-state index is 0.787. The molecule has 0 fully saturated rings. The fourth-order valence-corrected chi connectivity index (χ4v) is 2.44. The molecule has 0 atom stereocenters. The number of carbonyl (C=O) groups is 2. The fourth-order valence-electron chi connectivity index (χ4n) is 2.44. The van der Waals surface area contributed by atoms with Gasteiger partial charge in [0, 0.05) is 5.56 Å². The van der Waals surface area contributed by atoms with Gasteiger partial charge in [0.2, 0.25) is 0 Å². The summed E-state index contributed by atoms with van der Waals surface area (Å²) < 4.78 is 0. The lowest BCUT2D eigenvalue weighted by Gasteiger charge is -2.20. The molecular formula is C14H17N3O2. The lowest BCUT2D eigenvalue weighted by molar-refractivity contribution is -0.137. The number of aryl methyl sites for hydroxylation is 2. The highest BCUT2D eigenvalue weighted by atomic mass is 16.2. The van der Waals surface area contributed by atoms with Crippen molar-refractivity contribution >= 4 is 17.5 Å². The molecule has 1 aromatic rings. The second-order valence-corrected chi connectivity index (χ2v) is 4.83. The molecule has 100 valence electrons. The molecule has 1 aliphatic rings. The highest BCUT2D eigenvalue weighted by molar-refractivity contribution is 6.34. The van der Waals surface area contributed by atoms with Crippen LogP contribution in [-0.2, 0) is 16.0 Å². The van der Waals surface area contributed by atoms with E-state index < -0.39 is 11.8 Å². The van der Waals surface area contributed by atoms with E-state index in [1.807, 2.05) is 6.92 Å². The summed E-state index contributed by atoms with van der Waals surface area (Å²) in [5, 5.41) is 4.04. The van der Waals surface area contributed by atoms with E-state index in [2.05, 4.69) is 29.6 Å². The number of nitrogens with zero attached hydrogens (tertiary/aromatic N) is 1. The smallest absolute Gasteiger partial charge is 0.329 e. The number of nitrogens with one attached hydrogen (secondary N) is 1. The van der Waals surface area contributed by atoms with Crippen molar-refractivity contribution in [3.05, 3.63) is 34.4 Å². The van der Waals surface area contributed by atoms with Crippen LogP contribution < -0.4 is 11.2 Å². The van der Waals surface area contributed by atoms with Gasteiger partial charge in [0.25, 0.3) is 0 Å². The van der Waals surface area contributed by atoms with Gasteiger partial charge in [-0.1, -0.05) is 11.6 Å². The van der Waals surface area contributed by atoms with Crippen molar-refractivity contribution in [2.45, 2.75) is 33.1 Å². The zero-order valence-electron chi connectivity index (χ0n) is 11.1. The SMILES string of the molecule is Cc1cc(C)c2c(c1)C(=NNC(=O)C(N)=O)CCC2. The second-order valence-electron chi connectivity index (χ2n) is 4.83. The van der Waals surface area contributed by atoms with E-state index in [1.54, 1.807) is 0 Å². The Balaban J connectivity index is 2.34. The molecule has 0 saturated carbocycles. The molecule has 5 nitrogen and oxygen atoms in total. The van der Waals surface area contributed by atoms with Crippen molar-refractivity contribution in [2.75, 3.05) is 0 Å². The van der Waals surface area contributed by atoms with E-state index in [0.29, 0.717) is 0 Å². The Morgan fingerprint density at radius 3 is 2.68 bits per heavy atom. The molecule has 3 N–H and O–H groups in total. The molecular weight excluding hydrogens is 242 g/mol. The zero-order chi connectivity index (χ0) is 14.0. The van der Waals surface area contributed by atoms with Crippen LogP contribution in [0.5, 0.6) is 0 Å². The Kier molecular flexibility index (Phi) is 3.64. The van der Waals surface area contributed by atoms with Gasteiger partial charge in [-0.2, -0.15) is 5.10 Å². The quantitative estimate of drug-likeness (QED) is 0.581. The van der Waals surface area contributed by atoms with Crippen LogP contribution in [0.25, 0.3) is 0 Å². The highest BCUT2D eigenvalue weighted by Gasteiger charge is 2.18. The third-order valence-electron chi connectivity index (χ3n) is 3.28. The number of nitrogens with two attached hydrogens (primary N) is 1. The Morgan fingerprint density at radius 1 is 1.26 bits per heavy atom. The maximum atomic E-state index is 11.1. The normalized spacial score (nSPS) is 16.0. The molecule has 1 aromatic carbocycles. The largest absolute Gasteiger partial charge is 0.361 e. The average molecular weight is 259 g/mol. The van der Waals surface area contributed by atoms with E-state index in [9.17, 15) is 9.59 Å². The molecule has 0 aliphatic heterocycles. The van der Waals surface area contributed by atoms with Crippen LogP contribution in [0, 0.1) is 13.8 Å². The summed E-state index contributed by atoms with van der Waals surface area (Å²) in [6.07, 6.45) is 2.79. The van der Waals surface area contributed by atoms with Gasteiger partial charge in [0.15, 0.2) is 0 Å². The first-order valence-electron chi connectivity index (χ1n) is 6.26. The fraction of sp³-hybridized carbons (Fsp3) is 0.357. The molecule has 0 aromatic heterocycles. The third-order valence-corrected chi connectivity index (χ3v) is 3.28. The van der Waals surface area contributed by atoms with Crippen LogP contribution in [0.4, 0.5) is 0 Å². The third kappa shape index (κ3) is 2.81. The number of rotatable bonds is 1. The molecule has 0 bridgehead atoms. The lowest BCUT2D eigenvalue weighted by atomic mass is 9.86. The van der Waals surface area contributed by atoms with Gasteiger partial charge in [0.05, 0.1) is 5.71 Å². The summed E-state index contributed by atoms with van der Waals surface area (Å²) in [5.41, 5.74) is 12.6. The van der Waals surface area contributed by atoms with E-state index in [0.717, 1.165) is 36.1 Å². The molecule has 2 amide bonds. The summed E-state index contributed by atoms with van der Waals surface area (Å²) in [7, 11) is 0. The second kappa shape index (κ2) is 5.22. The Bertz CT molecular complexity index is 576. The van der Waals surface area contributed by atoms with Crippen LogP contribution in [0.2, 0.25) is 0 Å². The number of hydrogen-bond acceptors (Lipinski definition) is 3. The predicted octanol–water partition coefficient (Wildman–Crippen LogP) is 0.945. The van der Waals surface area contributed by atoms with Crippen molar-refractivity contribution in [3.63, 3.8) is 0 Å². The summed E-state index contributed by atoms with van der Waals surface area (Å²) >= 11 is 0. The van der Waals surface area contributed by atoms with E-state index >= 15 is 0 Å². The van der Waals surface area contributed by atoms with Crippen LogP contribution >= 0.6 is 0 Å². The monoisotopic (exact) mass is 259 g/mol. The van der Waals surface area contributed by atoms with Crippen LogP contribution in [0.3, 0.4) is 0 Å². The van der Waals surface area contributed by atoms with Gasteiger partial charge < -0.3 is 5.73 Å². The molecule has 0 unspecified atom stereocenters. The van der Waals surface area contributed by atoms with Gasteiger partial charge in [-0.05, 0) is 50.3 Å². The minimum atomic E-state index is -1.03. The highest BCUT2D eigenvalue weighted by Crippen LogP contribution is 2.26. The van der Waals surface area contributed by atoms with Crippen LogP contribution in [0.1, 0.15) is 35.1 Å². The number of carbonyl (C=O) groups excluding carboxylic acids is 2. The van der Waals surface area contributed by atoms with Gasteiger partial charge in [-0.25, -0.2) is 5.43 Å². The maximum Gasteiger partial charge on any atom is 0.329 e. The summed E-state index contributed by atoms with van der Waals surface area (Å²) in [6.45, 7) is 4.11. The number of hydrogen-bond donors (Lipinski definition) is 2. The van der Waals surface area contributed by atoms with Gasteiger partial charge in [0.1, 0.15) is 0 Å². The van der Waals surface area contributed by atoms with Crippen LogP contribution in [-0.4, -0.2) is 17.5 Å². The van der Waals surface area contributed by atoms with Crippen molar-refractivity contribution in [1.29, 1.82) is 0 Å². The number of fused-ring (bicyclic) bond motifs is 1. The molecule has 0 heterocycles. The molecule has 0 saturated heterocycles. The minimum Gasteiger partial charge on any atom is -0.361 e. The maximum absolute atomic E-state index is 11.1. The predicted molar refractivity (Wildman–Crippen MR) is 72.7 cm³/mol. The van der Waals surface area contributed by atoms with Gasteiger partial charge in [-0.15, -0.1) is 0 Å². The molecule has 0 radical (unpaired) electrons. The first-order valence-corrected chi connectivity index (χ1v) is 6.26. The van der Waals surface area contributed by atoms with Crippen molar-refractivity contribution in [2.24, 2.45) is 10.8 Å². The van der Waals surface area contributed by atoms with E-state index in [4.69, 9.17) is 5.73 Å². The number of benzene rings is 1. The molecule has 2 rings (SSSR count). The summed E-state index contributed by atoms with van der Waals surface area (Å²) in [6, 6.07) is 4.21. The van der Waals surface area contributed by atoms with E-state index in [1.165, 1.54) is 11.1 Å².